The smallest absolute Gasteiger partial charge is 0.299 e. The number of carboxylic acid groups (broad SMARTS) is 1. The molecule has 3 rings (SSSR count). The van der Waals surface area contributed by atoms with Crippen LogP contribution in [0.3, 0.4) is 0 Å². The van der Waals surface area contributed by atoms with Crippen LogP contribution in [0.5, 0.6) is 5.75 Å². The van der Waals surface area contributed by atoms with E-state index in [1.807, 2.05) is 13.8 Å². The number of hydrogen-bond acceptors (Lipinski definition) is 6. The number of aromatic nitrogens is 2. The summed E-state index contributed by atoms with van der Waals surface area (Å²) in [7, 11) is 0. The molecule has 0 aliphatic carbocycles. The molecule has 1 aromatic heterocycles. The van der Waals surface area contributed by atoms with Gasteiger partial charge in [-0.3, -0.25) is 4.79 Å². The molecule has 0 radical (unpaired) electrons. The summed E-state index contributed by atoms with van der Waals surface area (Å²) in [6, 6.07) is 12.6. The first-order chi connectivity index (χ1) is 13.3. The van der Waals surface area contributed by atoms with Gasteiger partial charge in [-0.1, -0.05) is 23.7 Å². The van der Waals surface area contributed by atoms with Crippen LogP contribution in [0.1, 0.15) is 24.2 Å². The quantitative estimate of drug-likeness (QED) is 0.685. The van der Waals surface area contributed by atoms with E-state index in [9.17, 15) is 14.7 Å². The highest BCUT2D eigenvalue weighted by Crippen LogP contribution is 2.25. The molecule has 0 unspecified atom stereocenters. The van der Waals surface area contributed by atoms with Gasteiger partial charge in [0.1, 0.15) is 0 Å². The Bertz CT molecular complexity index is 1060. The zero-order chi connectivity index (χ0) is 20.3. The Balaban J connectivity index is 2.09. The summed E-state index contributed by atoms with van der Waals surface area (Å²) >= 11 is 5.91. The lowest BCUT2D eigenvalue weighted by molar-refractivity contribution is -0.255. The van der Waals surface area contributed by atoms with Crippen LogP contribution in [-0.4, -0.2) is 21.9 Å². The SMILES string of the molecule is CC(C)Oc1cnn(-c2ccc(Cl)cc2)c(=O)c1Nc1cccc(C(=O)[O-])c1. The number of nitrogens with one attached hydrogen (secondary N) is 1. The molecule has 0 atom stereocenters. The standard InChI is InChI=1S/C20H18ClN3O4/c1-12(2)28-17-11-22-24(16-8-6-14(21)7-9-16)19(25)18(17)23-15-5-3-4-13(10-15)20(26)27/h3-12,23H,1-2H3,(H,26,27)/p-1. The van der Waals surface area contributed by atoms with Gasteiger partial charge < -0.3 is 20.0 Å². The Kier molecular flexibility index (Phi) is 5.65. The van der Waals surface area contributed by atoms with Crippen molar-refractivity contribution in [3.63, 3.8) is 0 Å². The fourth-order valence-corrected chi connectivity index (χ4v) is 2.66. The first-order valence-electron chi connectivity index (χ1n) is 8.48. The van der Waals surface area contributed by atoms with E-state index >= 15 is 0 Å². The van der Waals surface area contributed by atoms with Crippen LogP contribution in [0.15, 0.2) is 59.5 Å². The van der Waals surface area contributed by atoms with Crippen LogP contribution in [0, 0.1) is 0 Å². The Morgan fingerprint density at radius 3 is 2.57 bits per heavy atom. The summed E-state index contributed by atoms with van der Waals surface area (Å²) < 4.78 is 6.90. The highest BCUT2D eigenvalue weighted by molar-refractivity contribution is 6.30. The number of carbonyl (C=O) groups excluding carboxylic acids is 1. The van der Waals surface area contributed by atoms with Gasteiger partial charge in [-0.25, -0.2) is 0 Å². The first kappa shape index (κ1) is 19.4. The van der Waals surface area contributed by atoms with Crippen molar-refractivity contribution in [1.82, 2.24) is 9.78 Å². The van der Waals surface area contributed by atoms with Crippen molar-refractivity contribution in [2.24, 2.45) is 0 Å². The van der Waals surface area contributed by atoms with E-state index in [1.165, 1.54) is 23.0 Å². The van der Waals surface area contributed by atoms with E-state index in [0.717, 1.165) is 0 Å². The predicted molar refractivity (Wildman–Crippen MR) is 105 cm³/mol. The van der Waals surface area contributed by atoms with Gasteiger partial charge in [-0.15, -0.1) is 0 Å². The van der Waals surface area contributed by atoms with Crippen molar-refractivity contribution in [3.05, 3.63) is 75.7 Å². The van der Waals surface area contributed by atoms with Gasteiger partial charge in [-0.05, 0) is 55.8 Å². The molecule has 0 saturated carbocycles. The second-order valence-corrected chi connectivity index (χ2v) is 6.67. The number of ether oxygens (including phenoxy) is 1. The Labute approximate surface area is 166 Å². The summed E-state index contributed by atoms with van der Waals surface area (Å²) in [5.74, 6) is -1.06. The van der Waals surface area contributed by atoms with E-state index in [4.69, 9.17) is 16.3 Å². The number of aromatic carboxylic acids is 1. The molecule has 1 N–H and O–H groups in total. The number of carbonyl (C=O) groups is 1. The maximum atomic E-state index is 13.1. The third-order valence-electron chi connectivity index (χ3n) is 3.74. The topological polar surface area (TPSA) is 96.3 Å². The Morgan fingerprint density at radius 2 is 1.93 bits per heavy atom. The monoisotopic (exact) mass is 398 g/mol. The van der Waals surface area contributed by atoms with E-state index < -0.39 is 11.5 Å². The molecule has 0 spiro atoms. The molecule has 0 amide bonds. The highest BCUT2D eigenvalue weighted by Gasteiger charge is 2.15. The number of anilines is 2. The lowest BCUT2D eigenvalue weighted by Gasteiger charge is -2.17. The van der Waals surface area contributed by atoms with Crippen molar-refractivity contribution in [2.45, 2.75) is 20.0 Å². The normalized spacial score (nSPS) is 10.7. The lowest BCUT2D eigenvalue weighted by Crippen LogP contribution is -2.25. The Hall–Kier alpha value is -3.32. The van der Waals surface area contributed by atoms with Crippen LogP contribution < -0.4 is 20.7 Å². The van der Waals surface area contributed by atoms with Crippen LogP contribution in [-0.2, 0) is 0 Å². The predicted octanol–water partition coefficient (Wildman–Crippen LogP) is 2.78. The lowest BCUT2D eigenvalue weighted by atomic mass is 10.2. The molecular weight excluding hydrogens is 382 g/mol. The second kappa shape index (κ2) is 8.14. The number of carboxylic acids is 1. The molecule has 2 aromatic carbocycles. The van der Waals surface area contributed by atoms with Crippen LogP contribution in [0.2, 0.25) is 5.02 Å². The van der Waals surface area contributed by atoms with Gasteiger partial charge in [-0.2, -0.15) is 9.78 Å². The minimum absolute atomic E-state index is 0.0107. The first-order valence-corrected chi connectivity index (χ1v) is 8.86. The summed E-state index contributed by atoms with van der Waals surface area (Å²) in [6.45, 7) is 3.65. The minimum atomic E-state index is -1.31. The number of halogens is 1. The molecule has 0 aliphatic rings. The fourth-order valence-electron chi connectivity index (χ4n) is 2.53. The molecule has 8 heteroatoms. The molecular formula is C20H17ClN3O4-. The maximum Gasteiger partial charge on any atom is 0.299 e. The summed E-state index contributed by atoms with van der Waals surface area (Å²) in [4.78, 5) is 24.2. The number of nitrogens with zero attached hydrogens (tertiary/aromatic N) is 2. The Morgan fingerprint density at radius 1 is 1.21 bits per heavy atom. The molecule has 0 aliphatic heterocycles. The highest BCUT2D eigenvalue weighted by atomic mass is 35.5. The minimum Gasteiger partial charge on any atom is -0.545 e. The largest absolute Gasteiger partial charge is 0.545 e. The van der Waals surface area contributed by atoms with E-state index in [1.54, 1.807) is 36.4 Å². The summed E-state index contributed by atoms with van der Waals surface area (Å²) in [5, 5.41) is 18.8. The van der Waals surface area contributed by atoms with Crippen LogP contribution >= 0.6 is 11.6 Å². The molecule has 1 heterocycles. The second-order valence-electron chi connectivity index (χ2n) is 6.24. The third-order valence-corrected chi connectivity index (χ3v) is 4.00. The zero-order valence-corrected chi connectivity index (χ0v) is 15.9. The van der Waals surface area contributed by atoms with Gasteiger partial charge in [0.25, 0.3) is 5.56 Å². The molecule has 7 nitrogen and oxygen atoms in total. The van der Waals surface area contributed by atoms with Gasteiger partial charge in [0, 0.05) is 10.7 Å². The van der Waals surface area contributed by atoms with Crippen molar-refractivity contribution >= 4 is 28.9 Å². The van der Waals surface area contributed by atoms with Crippen molar-refractivity contribution in [3.8, 4) is 11.4 Å². The number of hydrogen-bond donors (Lipinski definition) is 1. The van der Waals surface area contributed by atoms with Gasteiger partial charge in [0.2, 0.25) is 0 Å². The summed E-state index contributed by atoms with van der Waals surface area (Å²) in [6.07, 6.45) is 1.24. The van der Waals surface area contributed by atoms with E-state index in [2.05, 4.69) is 10.4 Å². The zero-order valence-electron chi connectivity index (χ0n) is 15.2. The van der Waals surface area contributed by atoms with Crippen LogP contribution in [0.4, 0.5) is 11.4 Å². The molecule has 0 saturated heterocycles. The average molecular weight is 399 g/mol. The summed E-state index contributed by atoms with van der Waals surface area (Å²) in [5.41, 5.74) is 0.593. The number of rotatable bonds is 6. The van der Waals surface area contributed by atoms with Crippen molar-refractivity contribution in [2.75, 3.05) is 5.32 Å². The van der Waals surface area contributed by atoms with Gasteiger partial charge in [0.05, 0.1) is 24.0 Å². The van der Waals surface area contributed by atoms with Crippen LogP contribution in [0.25, 0.3) is 5.69 Å². The molecule has 144 valence electrons. The molecule has 0 bridgehead atoms. The molecule has 0 fully saturated rings. The van der Waals surface area contributed by atoms with Crippen molar-refractivity contribution in [1.29, 1.82) is 0 Å². The maximum absolute atomic E-state index is 13.1. The molecule has 28 heavy (non-hydrogen) atoms. The molecule has 3 aromatic rings. The van der Waals surface area contributed by atoms with Crippen molar-refractivity contribution < 1.29 is 14.6 Å². The number of benzene rings is 2. The van der Waals surface area contributed by atoms with E-state index in [-0.39, 0.29) is 23.1 Å². The fraction of sp³-hybridized carbons (Fsp3) is 0.150. The third kappa shape index (κ3) is 4.32. The van der Waals surface area contributed by atoms with Gasteiger partial charge >= 0.3 is 0 Å². The van der Waals surface area contributed by atoms with Gasteiger partial charge in [0.15, 0.2) is 11.4 Å². The van der Waals surface area contributed by atoms with E-state index in [0.29, 0.717) is 16.4 Å². The average Bonchev–Trinajstić information content (AvgIpc) is 2.65.